The molecule has 3 aromatic carbocycles. The first kappa shape index (κ1) is 21.4. The zero-order valence-corrected chi connectivity index (χ0v) is 17.0. The number of benzene rings is 3. The molecule has 2 N–H and O–H groups in total. The van der Waals surface area contributed by atoms with Gasteiger partial charge in [-0.3, -0.25) is 0 Å². The van der Waals surface area contributed by atoms with Crippen LogP contribution in [-0.2, 0) is 23.1 Å². The fraction of sp³-hybridized carbons (Fsp3) is 0.136. The smallest absolute Gasteiger partial charge is 0.335 e. The monoisotopic (exact) mass is 427 g/mol. The Labute approximate surface area is 174 Å². The van der Waals surface area contributed by atoms with Crippen LogP contribution in [0.15, 0.2) is 77.7 Å². The van der Waals surface area contributed by atoms with Crippen LogP contribution in [0.1, 0.15) is 21.5 Å². The number of methoxy groups -OCH3 is 1. The molecule has 7 nitrogen and oxygen atoms in total. The number of aromatic carboxylic acids is 1. The molecule has 0 radical (unpaired) electrons. The highest BCUT2D eigenvalue weighted by Gasteiger charge is 2.25. The van der Waals surface area contributed by atoms with E-state index in [1.54, 1.807) is 36.4 Å². The summed E-state index contributed by atoms with van der Waals surface area (Å²) in [5.74, 6) is -0.468. The van der Waals surface area contributed by atoms with Crippen molar-refractivity contribution in [1.29, 1.82) is 0 Å². The minimum Gasteiger partial charge on any atom is -0.508 e. The van der Waals surface area contributed by atoms with E-state index in [1.807, 2.05) is 0 Å². The van der Waals surface area contributed by atoms with Crippen LogP contribution in [-0.4, -0.2) is 36.0 Å². The molecule has 0 unspecified atom stereocenters. The second-order valence-corrected chi connectivity index (χ2v) is 8.56. The molecule has 0 aliphatic heterocycles. The first-order chi connectivity index (χ1) is 14.3. The fourth-order valence-corrected chi connectivity index (χ4v) is 4.34. The predicted octanol–water partition coefficient (Wildman–Crippen LogP) is 3.49. The maximum Gasteiger partial charge on any atom is 0.335 e. The average molecular weight is 427 g/mol. The zero-order valence-electron chi connectivity index (χ0n) is 16.2. The molecule has 0 saturated heterocycles. The number of carbonyl (C=O) groups is 1. The number of hydrogen-bond acceptors (Lipinski definition) is 5. The van der Waals surface area contributed by atoms with Gasteiger partial charge in [-0.1, -0.05) is 24.3 Å². The first-order valence-electron chi connectivity index (χ1n) is 9.04. The largest absolute Gasteiger partial charge is 0.508 e. The number of carboxylic acid groups (broad SMARTS) is 1. The van der Waals surface area contributed by atoms with Gasteiger partial charge in [0.1, 0.15) is 11.5 Å². The predicted molar refractivity (Wildman–Crippen MR) is 111 cm³/mol. The van der Waals surface area contributed by atoms with Crippen molar-refractivity contribution >= 4 is 16.0 Å². The lowest BCUT2D eigenvalue weighted by Gasteiger charge is -2.23. The SMILES string of the molecule is COc1cccc(CN(Cc2ccc(C(=O)O)cc2)S(=O)(=O)c2ccc(O)cc2)c1. The molecule has 0 aliphatic carbocycles. The molecule has 0 heterocycles. The van der Waals surface area contributed by atoms with E-state index >= 15 is 0 Å². The Morgan fingerprint density at radius 2 is 1.57 bits per heavy atom. The summed E-state index contributed by atoms with van der Waals surface area (Å²) < 4.78 is 33.1. The van der Waals surface area contributed by atoms with Gasteiger partial charge in [-0.25, -0.2) is 13.2 Å². The van der Waals surface area contributed by atoms with Crippen molar-refractivity contribution in [2.24, 2.45) is 0 Å². The highest BCUT2D eigenvalue weighted by Crippen LogP contribution is 2.24. The van der Waals surface area contributed by atoms with Crippen molar-refractivity contribution in [1.82, 2.24) is 4.31 Å². The molecule has 0 aliphatic rings. The van der Waals surface area contributed by atoms with Gasteiger partial charge in [0.05, 0.1) is 17.6 Å². The molecule has 0 spiro atoms. The Hall–Kier alpha value is -3.36. The van der Waals surface area contributed by atoms with Crippen LogP contribution in [0.25, 0.3) is 0 Å². The van der Waals surface area contributed by atoms with Crippen LogP contribution in [0.2, 0.25) is 0 Å². The average Bonchev–Trinajstić information content (AvgIpc) is 2.74. The van der Waals surface area contributed by atoms with E-state index in [2.05, 4.69) is 0 Å². The van der Waals surface area contributed by atoms with Gasteiger partial charge in [0.2, 0.25) is 10.0 Å². The normalized spacial score (nSPS) is 11.4. The number of hydrogen-bond donors (Lipinski definition) is 2. The zero-order chi connectivity index (χ0) is 21.7. The number of ether oxygens (including phenoxy) is 1. The maximum absolute atomic E-state index is 13.3. The number of rotatable bonds is 8. The molecular weight excluding hydrogens is 406 g/mol. The van der Waals surface area contributed by atoms with Gasteiger partial charge in [-0.15, -0.1) is 0 Å². The molecule has 0 atom stereocenters. The van der Waals surface area contributed by atoms with Crippen molar-refractivity contribution < 1.29 is 28.2 Å². The van der Waals surface area contributed by atoms with Gasteiger partial charge >= 0.3 is 5.97 Å². The molecule has 30 heavy (non-hydrogen) atoms. The van der Waals surface area contributed by atoms with E-state index in [1.165, 1.54) is 47.8 Å². The van der Waals surface area contributed by atoms with E-state index < -0.39 is 16.0 Å². The van der Waals surface area contributed by atoms with Crippen LogP contribution in [0.4, 0.5) is 0 Å². The second-order valence-electron chi connectivity index (χ2n) is 6.62. The topological polar surface area (TPSA) is 104 Å². The van der Waals surface area contributed by atoms with Gasteiger partial charge in [0.15, 0.2) is 0 Å². The summed E-state index contributed by atoms with van der Waals surface area (Å²) in [6.07, 6.45) is 0. The Morgan fingerprint density at radius 3 is 2.17 bits per heavy atom. The summed E-state index contributed by atoms with van der Waals surface area (Å²) >= 11 is 0. The Balaban J connectivity index is 1.96. The molecule has 8 heteroatoms. The van der Waals surface area contributed by atoms with Crippen molar-refractivity contribution in [3.63, 3.8) is 0 Å². The molecule has 0 saturated carbocycles. The van der Waals surface area contributed by atoms with E-state index in [9.17, 15) is 18.3 Å². The van der Waals surface area contributed by atoms with Gasteiger partial charge in [-0.05, 0) is 59.7 Å². The lowest BCUT2D eigenvalue weighted by atomic mass is 10.1. The quantitative estimate of drug-likeness (QED) is 0.570. The number of sulfonamides is 1. The summed E-state index contributed by atoms with van der Waals surface area (Å²) in [6.45, 7) is 0.126. The number of phenols is 1. The highest BCUT2D eigenvalue weighted by atomic mass is 32.2. The van der Waals surface area contributed by atoms with Crippen LogP contribution in [0.5, 0.6) is 11.5 Å². The number of nitrogens with zero attached hydrogens (tertiary/aromatic N) is 1. The van der Waals surface area contributed by atoms with Crippen LogP contribution < -0.4 is 4.74 Å². The van der Waals surface area contributed by atoms with Crippen molar-refractivity contribution in [3.05, 3.63) is 89.5 Å². The third-order valence-corrected chi connectivity index (χ3v) is 6.33. The molecule has 3 aromatic rings. The van der Waals surface area contributed by atoms with Gasteiger partial charge in [0, 0.05) is 13.1 Å². The van der Waals surface area contributed by atoms with Crippen molar-refractivity contribution in [2.75, 3.05) is 7.11 Å². The Kier molecular flexibility index (Phi) is 6.39. The van der Waals surface area contributed by atoms with Crippen molar-refractivity contribution in [3.8, 4) is 11.5 Å². The fourth-order valence-electron chi connectivity index (χ4n) is 2.92. The van der Waals surface area contributed by atoms with Crippen molar-refractivity contribution in [2.45, 2.75) is 18.0 Å². The third kappa shape index (κ3) is 4.97. The van der Waals surface area contributed by atoms with Gasteiger partial charge in [0.25, 0.3) is 0 Å². The minimum atomic E-state index is -3.90. The standard InChI is InChI=1S/C22H21NO6S/c1-29-20-4-2-3-17(13-20)15-23(14-16-5-7-18(8-6-16)22(25)26)30(27,28)21-11-9-19(24)10-12-21/h2-13,24H,14-15H2,1H3,(H,25,26). The minimum absolute atomic E-state index is 0.0300. The molecular formula is C22H21NO6S. The second kappa shape index (κ2) is 8.98. The molecule has 0 bridgehead atoms. The molecule has 0 fully saturated rings. The number of phenolic OH excluding ortho intramolecular Hbond substituents is 1. The lowest BCUT2D eigenvalue weighted by Crippen LogP contribution is -2.30. The summed E-state index contributed by atoms with van der Waals surface area (Å²) in [6, 6.07) is 18.5. The van der Waals surface area contributed by atoms with E-state index in [0.29, 0.717) is 11.3 Å². The van der Waals surface area contributed by atoms with Crippen LogP contribution in [0.3, 0.4) is 0 Å². The third-order valence-electron chi connectivity index (χ3n) is 4.53. The summed E-state index contributed by atoms with van der Waals surface area (Å²) in [5.41, 5.74) is 1.50. The molecule has 3 rings (SSSR count). The summed E-state index contributed by atoms with van der Waals surface area (Å²) in [7, 11) is -2.36. The summed E-state index contributed by atoms with van der Waals surface area (Å²) in [4.78, 5) is 11.1. The van der Waals surface area contributed by atoms with Gasteiger partial charge < -0.3 is 14.9 Å². The molecule has 0 aromatic heterocycles. The number of aromatic hydroxyl groups is 1. The lowest BCUT2D eigenvalue weighted by molar-refractivity contribution is 0.0697. The van der Waals surface area contributed by atoms with E-state index in [-0.39, 0.29) is 29.3 Å². The summed E-state index contributed by atoms with van der Waals surface area (Å²) in [5, 5.41) is 18.6. The van der Waals surface area contributed by atoms with Crippen LogP contribution in [0, 0.1) is 0 Å². The molecule has 0 amide bonds. The van der Waals surface area contributed by atoms with Gasteiger partial charge in [-0.2, -0.15) is 4.31 Å². The van der Waals surface area contributed by atoms with E-state index in [4.69, 9.17) is 9.84 Å². The van der Waals surface area contributed by atoms with E-state index in [0.717, 1.165) is 5.56 Å². The maximum atomic E-state index is 13.3. The Morgan fingerprint density at radius 1 is 0.933 bits per heavy atom. The molecule has 156 valence electrons. The Bertz CT molecular complexity index is 1130. The number of carboxylic acids is 1. The van der Waals surface area contributed by atoms with Crippen LogP contribution >= 0.6 is 0 Å². The first-order valence-corrected chi connectivity index (χ1v) is 10.5. The highest BCUT2D eigenvalue weighted by molar-refractivity contribution is 7.89.